The van der Waals surface area contributed by atoms with Crippen molar-refractivity contribution in [3.05, 3.63) is 35.4 Å². The highest BCUT2D eigenvalue weighted by atomic mass is 19.4. The maximum Gasteiger partial charge on any atom is 0.416 e. The number of piperazine rings is 1. The zero-order valence-corrected chi connectivity index (χ0v) is 9.63. The summed E-state index contributed by atoms with van der Waals surface area (Å²) in [5.41, 5.74) is 0.0381. The van der Waals surface area contributed by atoms with Crippen LogP contribution >= 0.6 is 0 Å². The first-order valence-corrected chi connectivity index (χ1v) is 5.61. The van der Waals surface area contributed by atoms with Gasteiger partial charge in [-0.15, -0.1) is 0 Å². The van der Waals surface area contributed by atoms with Crippen molar-refractivity contribution < 1.29 is 18.0 Å². The fourth-order valence-corrected chi connectivity index (χ4v) is 1.83. The van der Waals surface area contributed by atoms with E-state index in [0.717, 1.165) is 12.1 Å². The average molecular weight is 258 g/mol. The van der Waals surface area contributed by atoms with Crippen LogP contribution in [0.2, 0.25) is 0 Å². The van der Waals surface area contributed by atoms with Crippen molar-refractivity contribution in [3.63, 3.8) is 0 Å². The van der Waals surface area contributed by atoms with Crippen LogP contribution in [-0.2, 0) is 17.5 Å². The zero-order valence-electron chi connectivity index (χ0n) is 9.63. The quantitative estimate of drug-likeness (QED) is 0.874. The van der Waals surface area contributed by atoms with Crippen LogP contribution in [-0.4, -0.2) is 30.4 Å². The maximum absolute atomic E-state index is 12.4. The lowest BCUT2D eigenvalue weighted by Crippen LogP contribution is -2.47. The Bertz CT molecular complexity index is 428. The molecular formula is C12H13F3N2O. The number of amides is 1. The Morgan fingerprint density at radius 2 is 1.89 bits per heavy atom. The monoisotopic (exact) mass is 258 g/mol. The van der Waals surface area contributed by atoms with E-state index < -0.39 is 11.7 Å². The number of carbonyl (C=O) groups excluding carboxylic acids is 1. The molecule has 1 aliphatic heterocycles. The molecule has 0 unspecified atom stereocenters. The second-order valence-electron chi connectivity index (χ2n) is 4.19. The molecule has 1 amide bonds. The van der Waals surface area contributed by atoms with Crippen LogP contribution in [0, 0.1) is 0 Å². The third kappa shape index (κ3) is 3.01. The fourth-order valence-electron chi connectivity index (χ4n) is 1.83. The molecule has 0 atom stereocenters. The Morgan fingerprint density at radius 3 is 2.44 bits per heavy atom. The van der Waals surface area contributed by atoms with Crippen molar-refractivity contribution in [2.75, 3.05) is 19.6 Å². The first-order chi connectivity index (χ1) is 8.47. The van der Waals surface area contributed by atoms with E-state index in [4.69, 9.17) is 0 Å². The summed E-state index contributed by atoms with van der Waals surface area (Å²) in [6.07, 6.45) is -4.32. The number of hydrogen-bond donors (Lipinski definition) is 1. The van der Waals surface area contributed by atoms with Gasteiger partial charge in [-0.1, -0.05) is 12.1 Å². The molecule has 0 aliphatic carbocycles. The maximum atomic E-state index is 12.4. The van der Waals surface area contributed by atoms with Crippen LogP contribution < -0.4 is 5.32 Å². The first-order valence-electron chi connectivity index (χ1n) is 5.61. The van der Waals surface area contributed by atoms with E-state index in [9.17, 15) is 18.0 Å². The van der Waals surface area contributed by atoms with Gasteiger partial charge in [0.1, 0.15) is 0 Å². The molecule has 1 saturated heterocycles. The standard InChI is InChI=1S/C12H13F3N2O/c13-12(14,15)10-3-1-9(2-4-10)8-17-6-5-16-7-11(17)18/h1-4,16H,5-8H2. The highest BCUT2D eigenvalue weighted by molar-refractivity contribution is 5.78. The van der Waals surface area contributed by atoms with Crippen LogP contribution in [0.5, 0.6) is 0 Å². The zero-order chi connectivity index (χ0) is 13.2. The molecule has 1 heterocycles. The van der Waals surface area contributed by atoms with Crippen molar-refractivity contribution in [1.82, 2.24) is 10.2 Å². The Morgan fingerprint density at radius 1 is 1.22 bits per heavy atom. The summed E-state index contributed by atoms with van der Waals surface area (Å²) in [6, 6.07) is 4.92. The van der Waals surface area contributed by atoms with Crippen LogP contribution in [0.1, 0.15) is 11.1 Å². The van der Waals surface area contributed by atoms with Crippen molar-refractivity contribution in [1.29, 1.82) is 0 Å². The molecule has 1 fully saturated rings. The second-order valence-corrected chi connectivity index (χ2v) is 4.19. The minimum atomic E-state index is -4.32. The summed E-state index contributed by atoms with van der Waals surface area (Å²) in [4.78, 5) is 13.1. The third-order valence-corrected chi connectivity index (χ3v) is 2.84. The molecule has 1 aromatic rings. The summed E-state index contributed by atoms with van der Waals surface area (Å²) in [7, 11) is 0. The lowest BCUT2D eigenvalue weighted by atomic mass is 10.1. The lowest BCUT2D eigenvalue weighted by Gasteiger charge is -2.27. The number of alkyl halides is 3. The van der Waals surface area contributed by atoms with Gasteiger partial charge in [0.15, 0.2) is 0 Å². The van der Waals surface area contributed by atoms with E-state index >= 15 is 0 Å². The minimum absolute atomic E-state index is 0.0267. The van der Waals surface area contributed by atoms with E-state index in [1.807, 2.05) is 0 Å². The Balaban J connectivity index is 2.04. The van der Waals surface area contributed by atoms with Gasteiger partial charge in [0.2, 0.25) is 5.91 Å². The molecule has 1 N–H and O–H groups in total. The van der Waals surface area contributed by atoms with Gasteiger partial charge < -0.3 is 10.2 Å². The first kappa shape index (κ1) is 12.9. The van der Waals surface area contributed by atoms with Gasteiger partial charge in [0.05, 0.1) is 12.1 Å². The lowest BCUT2D eigenvalue weighted by molar-refractivity contribution is -0.137. The van der Waals surface area contributed by atoms with Crippen molar-refractivity contribution in [2.45, 2.75) is 12.7 Å². The van der Waals surface area contributed by atoms with Crippen LogP contribution in [0.4, 0.5) is 13.2 Å². The van der Waals surface area contributed by atoms with Gasteiger partial charge in [0.25, 0.3) is 0 Å². The molecule has 3 nitrogen and oxygen atoms in total. The summed E-state index contributed by atoms with van der Waals surface area (Å²) < 4.78 is 37.1. The van der Waals surface area contributed by atoms with Crippen LogP contribution in [0.15, 0.2) is 24.3 Å². The van der Waals surface area contributed by atoms with Crippen molar-refractivity contribution in [3.8, 4) is 0 Å². The predicted molar refractivity (Wildman–Crippen MR) is 59.7 cm³/mol. The normalized spacial score (nSPS) is 17.1. The average Bonchev–Trinajstić information content (AvgIpc) is 2.32. The molecule has 1 aromatic carbocycles. The number of rotatable bonds is 2. The molecule has 0 saturated carbocycles. The molecule has 18 heavy (non-hydrogen) atoms. The highest BCUT2D eigenvalue weighted by Gasteiger charge is 2.30. The van der Waals surface area contributed by atoms with Gasteiger partial charge in [-0.2, -0.15) is 13.2 Å². The Kier molecular flexibility index (Phi) is 3.56. The van der Waals surface area contributed by atoms with Crippen LogP contribution in [0.3, 0.4) is 0 Å². The second kappa shape index (κ2) is 4.97. The fraction of sp³-hybridized carbons (Fsp3) is 0.417. The van der Waals surface area contributed by atoms with E-state index in [2.05, 4.69) is 5.32 Å². The molecule has 0 radical (unpaired) electrons. The molecule has 2 rings (SSSR count). The van der Waals surface area contributed by atoms with Gasteiger partial charge >= 0.3 is 6.18 Å². The van der Waals surface area contributed by atoms with Gasteiger partial charge in [-0.3, -0.25) is 4.79 Å². The smallest absolute Gasteiger partial charge is 0.336 e. The molecule has 0 aromatic heterocycles. The molecule has 1 aliphatic rings. The number of benzene rings is 1. The predicted octanol–water partition coefficient (Wildman–Crippen LogP) is 1.64. The topological polar surface area (TPSA) is 32.3 Å². The van der Waals surface area contributed by atoms with Gasteiger partial charge in [-0.25, -0.2) is 0 Å². The van der Waals surface area contributed by atoms with Crippen molar-refractivity contribution >= 4 is 5.91 Å². The number of hydrogen-bond acceptors (Lipinski definition) is 2. The summed E-state index contributed by atoms with van der Waals surface area (Å²) in [5.74, 6) is -0.0267. The van der Waals surface area contributed by atoms with Crippen LogP contribution in [0.25, 0.3) is 0 Å². The molecule has 98 valence electrons. The minimum Gasteiger partial charge on any atom is -0.336 e. The Hall–Kier alpha value is -1.56. The van der Waals surface area contributed by atoms with E-state index in [0.29, 0.717) is 31.7 Å². The number of carbonyl (C=O) groups is 1. The van der Waals surface area contributed by atoms with E-state index in [-0.39, 0.29) is 5.91 Å². The Labute approximate surface area is 103 Å². The summed E-state index contributed by atoms with van der Waals surface area (Å²) >= 11 is 0. The highest BCUT2D eigenvalue weighted by Crippen LogP contribution is 2.29. The summed E-state index contributed by atoms with van der Waals surface area (Å²) in [6.45, 7) is 1.95. The molecular weight excluding hydrogens is 245 g/mol. The summed E-state index contributed by atoms with van der Waals surface area (Å²) in [5, 5.41) is 2.94. The number of nitrogens with one attached hydrogen (secondary N) is 1. The van der Waals surface area contributed by atoms with E-state index in [1.165, 1.54) is 12.1 Å². The number of halogens is 3. The van der Waals surface area contributed by atoms with E-state index in [1.54, 1.807) is 4.90 Å². The third-order valence-electron chi connectivity index (χ3n) is 2.84. The van der Waals surface area contributed by atoms with Gasteiger partial charge in [-0.05, 0) is 17.7 Å². The SMILES string of the molecule is O=C1CNCCN1Cc1ccc(C(F)(F)F)cc1. The number of nitrogens with zero attached hydrogens (tertiary/aromatic N) is 1. The molecule has 6 heteroatoms. The van der Waals surface area contributed by atoms with Crippen molar-refractivity contribution in [2.24, 2.45) is 0 Å². The van der Waals surface area contributed by atoms with Gasteiger partial charge in [0, 0.05) is 19.6 Å². The largest absolute Gasteiger partial charge is 0.416 e. The molecule has 0 bridgehead atoms. The molecule has 0 spiro atoms.